The van der Waals surface area contributed by atoms with Crippen LogP contribution in [0.2, 0.25) is 0 Å². The van der Waals surface area contributed by atoms with Crippen LogP contribution in [0.5, 0.6) is 0 Å². The minimum Gasteiger partial charge on any atom is -0.384 e. The third-order valence-electron chi connectivity index (χ3n) is 3.52. The SMILES string of the molecule is C[C@@H](CNC(=O)c1ccc2c(c1)CCN2)N(C)C. The van der Waals surface area contributed by atoms with Crippen molar-refractivity contribution in [1.29, 1.82) is 0 Å². The highest BCUT2D eigenvalue weighted by molar-refractivity contribution is 5.95. The van der Waals surface area contributed by atoms with Crippen LogP contribution in [0.4, 0.5) is 5.69 Å². The lowest BCUT2D eigenvalue weighted by Gasteiger charge is -2.20. The van der Waals surface area contributed by atoms with E-state index in [0.717, 1.165) is 24.2 Å². The Balaban J connectivity index is 1.97. The number of rotatable bonds is 4. The van der Waals surface area contributed by atoms with Crippen LogP contribution < -0.4 is 10.6 Å². The Bertz CT molecular complexity index is 443. The van der Waals surface area contributed by atoms with E-state index in [1.807, 2.05) is 32.3 Å². The summed E-state index contributed by atoms with van der Waals surface area (Å²) >= 11 is 0. The van der Waals surface area contributed by atoms with E-state index in [0.29, 0.717) is 12.6 Å². The van der Waals surface area contributed by atoms with Gasteiger partial charge >= 0.3 is 0 Å². The van der Waals surface area contributed by atoms with Crippen molar-refractivity contribution in [2.45, 2.75) is 19.4 Å². The van der Waals surface area contributed by atoms with Crippen molar-refractivity contribution >= 4 is 11.6 Å². The van der Waals surface area contributed by atoms with Crippen molar-refractivity contribution in [3.05, 3.63) is 29.3 Å². The number of fused-ring (bicyclic) bond motifs is 1. The molecule has 2 N–H and O–H groups in total. The lowest BCUT2D eigenvalue weighted by molar-refractivity contribution is 0.0943. The molecule has 1 aliphatic heterocycles. The molecule has 1 amide bonds. The van der Waals surface area contributed by atoms with Gasteiger partial charge in [0.25, 0.3) is 5.91 Å². The second kappa shape index (κ2) is 5.40. The number of anilines is 1. The molecule has 0 aliphatic carbocycles. The molecule has 4 heteroatoms. The van der Waals surface area contributed by atoms with Crippen LogP contribution in [0.15, 0.2) is 18.2 Å². The Morgan fingerprint density at radius 3 is 3.00 bits per heavy atom. The molecule has 0 radical (unpaired) electrons. The van der Waals surface area contributed by atoms with Gasteiger partial charge in [-0.05, 0) is 51.2 Å². The van der Waals surface area contributed by atoms with Crippen LogP contribution in [0, 0.1) is 0 Å². The molecule has 1 atom stereocenters. The Hall–Kier alpha value is -1.55. The van der Waals surface area contributed by atoms with Crippen LogP contribution in [0.25, 0.3) is 0 Å². The average Bonchev–Trinajstić information content (AvgIpc) is 2.82. The van der Waals surface area contributed by atoms with Crippen LogP contribution in [-0.2, 0) is 6.42 Å². The van der Waals surface area contributed by atoms with Gasteiger partial charge in [0.15, 0.2) is 0 Å². The summed E-state index contributed by atoms with van der Waals surface area (Å²) in [5.41, 5.74) is 3.15. The van der Waals surface area contributed by atoms with E-state index in [9.17, 15) is 4.79 Å². The summed E-state index contributed by atoms with van der Waals surface area (Å²) in [4.78, 5) is 14.1. The summed E-state index contributed by atoms with van der Waals surface area (Å²) < 4.78 is 0. The second-order valence-electron chi connectivity index (χ2n) is 5.07. The highest BCUT2D eigenvalue weighted by atomic mass is 16.1. The number of nitrogens with zero attached hydrogens (tertiary/aromatic N) is 1. The first kappa shape index (κ1) is 12.9. The molecule has 0 saturated heterocycles. The van der Waals surface area contributed by atoms with Gasteiger partial charge in [-0.2, -0.15) is 0 Å². The number of likely N-dealkylation sites (N-methyl/N-ethyl adjacent to an activating group) is 1. The summed E-state index contributed by atoms with van der Waals surface area (Å²) in [5.74, 6) is 0.0124. The van der Waals surface area contributed by atoms with E-state index in [2.05, 4.69) is 22.5 Å². The molecule has 1 aromatic carbocycles. The number of carbonyl (C=O) groups is 1. The Kier molecular flexibility index (Phi) is 3.87. The van der Waals surface area contributed by atoms with Gasteiger partial charge in [0.1, 0.15) is 0 Å². The summed E-state index contributed by atoms with van der Waals surface area (Å²) in [6.45, 7) is 3.73. The molecule has 1 aromatic rings. The molecule has 0 spiro atoms. The van der Waals surface area contributed by atoms with Crippen LogP contribution in [0.3, 0.4) is 0 Å². The van der Waals surface area contributed by atoms with Gasteiger partial charge in [0.05, 0.1) is 0 Å². The maximum atomic E-state index is 12.0. The number of carbonyl (C=O) groups excluding carboxylic acids is 1. The molecule has 0 fully saturated rings. The van der Waals surface area contributed by atoms with Gasteiger partial charge in [-0.3, -0.25) is 4.79 Å². The largest absolute Gasteiger partial charge is 0.384 e. The van der Waals surface area contributed by atoms with Gasteiger partial charge in [0.2, 0.25) is 0 Å². The van der Waals surface area contributed by atoms with Crippen molar-refractivity contribution < 1.29 is 4.79 Å². The maximum Gasteiger partial charge on any atom is 0.251 e. The predicted molar refractivity (Wildman–Crippen MR) is 74.1 cm³/mol. The molecule has 0 saturated carbocycles. The third kappa shape index (κ3) is 2.82. The van der Waals surface area contributed by atoms with Gasteiger partial charge in [-0.1, -0.05) is 0 Å². The summed E-state index contributed by atoms with van der Waals surface area (Å²) in [6.07, 6.45) is 1.00. The van der Waals surface area contributed by atoms with E-state index in [1.165, 1.54) is 5.56 Å². The molecule has 18 heavy (non-hydrogen) atoms. The van der Waals surface area contributed by atoms with Crippen molar-refractivity contribution in [2.24, 2.45) is 0 Å². The highest BCUT2D eigenvalue weighted by Gasteiger charge is 2.14. The van der Waals surface area contributed by atoms with Crippen LogP contribution in [0.1, 0.15) is 22.8 Å². The van der Waals surface area contributed by atoms with Crippen LogP contribution in [-0.4, -0.2) is 44.0 Å². The topological polar surface area (TPSA) is 44.4 Å². The Morgan fingerprint density at radius 2 is 2.28 bits per heavy atom. The average molecular weight is 247 g/mol. The van der Waals surface area contributed by atoms with Gasteiger partial charge in [-0.25, -0.2) is 0 Å². The fourth-order valence-electron chi connectivity index (χ4n) is 1.97. The summed E-state index contributed by atoms with van der Waals surface area (Å²) in [5, 5.41) is 6.26. The predicted octanol–water partition coefficient (Wildman–Crippen LogP) is 1.33. The zero-order valence-corrected chi connectivity index (χ0v) is 11.3. The molecule has 1 aliphatic rings. The zero-order chi connectivity index (χ0) is 13.1. The third-order valence-corrected chi connectivity index (χ3v) is 3.52. The van der Waals surface area contributed by atoms with E-state index in [4.69, 9.17) is 0 Å². The van der Waals surface area contributed by atoms with Crippen molar-refractivity contribution in [2.75, 3.05) is 32.5 Å². The lowest BCUT2D eigenvalue weighted by atomic mass is 10.1. The number of amides is 1. The molecule has 2 rings (SSSR count). The normalized spacial score (nSPS) is 15.1. The zero-order valence-electron chi connectivity index (χ0n) is 11.3. The quantitative estimate of drug-likeness (QED) is 0.844. The number of nitrogens with one attached hydrogen (secondary N) is 2. The molecule has 4 nitrogen and oxygen atoms in total. The smallest absolute Gasteiger partial charge is 0.251 e. The number of benzene rings is 1. The van der Waals surface area contributed by atoms with E-state index in [1.54, 1.807) is 0 Å². The number of hydrogen-bond donors (Lipinski definition) is 2. The van der Waals surface area contributed by atoms with E-state index < -0.39 is 0 Å². The first-order valence-electron chi connectivity index (χ1n) is 6.39. The van der Waals surface area contributed by atoms with E-state index in [-0.39, 0.29) is 5.91 Å². The van der Waals surface area contributed by atoms with Gasteiger partial charge in [-0.15, -0.1) is 0 Å². The first-order valence-corrected chi connectivity index (χ1v) is 6.39. The minimum atomic E-state index is 0.0124. The number of hydrogen-bond acceptors (Lipinski definition) is 3. The van der Waals surface area contributed by atoms with Crippen LogP contribution >= 0.6 is 0 Å². The summed E-state index contributed by atoms with van der Waals surface area (Å²) in [7, 11) is 4.02. The molecule has 0 bridgehead atoms. The fraction of sp³-hybridized carbons (Fsp3) is 0.500. The molecule has 0 aromatic heterocycles. The first-order chi connectivity index (χ1) is 8.58. The van der Waals surface area contributed by atoms with Gasteiger partial charge < -0.3 is 15.5 Å². The maximum absolute atomic E-state index is 12.0. The molecular formula is C14H21N3O. The molecule has 0 unspecified atom stereocenters. The van der Waals surface area contributed by atoms with Crippen molar-refractivity contribution in [1.82, 2.24) is 10.2 Å². The van der Waals surface area contributed by atoms with Gasteiger partial charge in [0, 0.05) is 30.4 Å². The molecule has 1 heterocycles. The monoisotopic (exact) mass is 247 g/mol. The fourth-order valence-corrected chi connectivity index (χ4v) is 1.97. The standard InChI is InChI=1S/C14H21N3O/c1-10(17(2)3)9-16-14(18)12-4-5-13-11(8-12)6-7-15-13/h4-5,8,10,15H,6-7,9H2,1-3H3,(H,16,18)/t10-/m0/s1. The summed E-state index contributed by atoms with van der Waals surface area (Å²) in [6, 6.07) is 6.20. The second-order valence-corrected chi connectivity index (χ2v) is 5.07. The Labute approximate surface area is 108 Å². The lowest BCUT2D eigenvalue weighted by Crippen LogP contribution is -2.38. The van der Waals surface area contributed by atoms with Crippen molar-refractivity contribution in [3.8, 4) is 0 Å². The highest BCUT2D eigenvalue weighted by Crippen LogP contribution is 2.22. The minimum absolute atomic E-state index is 0.0124. The molecule has 98 valence electrons. The van der Waals surface area contributed by atoms with Crippen molar-refractivity contribution in [3.63, 3.8) is 0 Å². The van der Waals surface area contributed by atoms with E-state index >= 15 is 0 Å². The molecular weight excluding hydrogens is 226 g/mol. The Morgan fingerprint density at radius 1 is 1.50 bits per heavy atom.